The van der Waals surface area contributed by atoms with Gasteiger partial charge in [0, 0.05) is 24.4 Å². The van der Waals surface area contributed by atoms with Crippen LogP contribution in [0.5, 0.6) is 5.75 Å². The largest absolute Gasteiger partial charge is 0.486 e. The summed E-state index contributed by atoms with van der Waals surface area (Å²) in [5.74, 6) is 2.65. The fourth-order valence-corrected chi connectivity index (χ4v) is 3.78. The average Bonchev–Trinajstić information content (AvgIpc) is 2.96. The van der Waals surface area contributed by atoms with E-state index >= 15 is 0 Å². The fraction of sp³-hybridized carbons (Fsp3) is 0.529. The summed E-state index contributed by atoms with van der Waals surface area (Å²) in [4.78, 5) is 2.54. The molecule has 1 fully saturated rings. The van der Waals surface area contributed by atoms with E-state index in [1.54, 1.807) is 11.8 Å². The average molecular weight is 367 g/mol. The van der Waals surface area contributed by atoms with E-state index in [-0.39, 0.29) is 0 Å². The molecule has 7 heteroatoms. The molecule has 0 bridgehead atoms. The summed E-state index contributed by atoms with van der Waals surface area (Å²) in [6.45, 7) is 3.99. The molecule has 1 aliphatic heterocycles. The smallest absolute Gasteiger partial charge is 0.191 e. The summed E-state index contributed by atoms with van der Waals surface area (Å²) in [6.07, 6.45) is 4.05. The second-order valence-electron chi connectivity index (χ2n) is 5.95. The monoisotopic (exact) mass is 366 g/mol. The normalized spacial score (nSPS) is 15.6. The van der Waals surface area contributed by atoms with Crippen LogP contribution >= 0.6 is 23.4 Å². The molecule has 24 heavy (non-hydrogen) atoms. The Morgan fingerprint density at radius 1 is 1.12 bits per heavy atom. The minimum Gasteiger partial charge on any atom is -0.486 e. The molecule has 1 aliphatic rings. The predicted molar refractivity (Wildman–Crippen MR) is 97.8 cm³/mol. The van der Waals surface area contributed by atoms with Crippen molar-refractivity contribution in [3.8, 4) is 5.75 Å². The highest BCUT2D eigenvalue weighted by molar-refractivity contribution is 7.99. The highest BCUT2D eigenvalue weighted by Crippen LogP contribution is 2.19. The molecular weight excluding hydrogens is 344 g/mol. The topological polar surface area (TPSA) is 43.2 Å². The van der Waals surface area contributed by atoms with Crippen molar-refractivity contribution in [2.24, 2.45) is 7.05 Å². The molecule has 0 N–H and O–H groups in total. The molecule has 1 aromatic heterocycles. The van der Waals surface area contributed by atoms with Crippen LogP contribution in [-0.4, -0.2) is 45.1 Å². The Hall–Kier alpha value is -1.24. The van der Waals surface area contributed by atoms with Crippen molar-refractivity contribution in [2.45, 2.75) is 31.0 Å². The Morgan fingerprint density at radius 3 is 2.62 bits per heavy atom. The van der Waals surface area contributed by atoms with Crippen molar-refractivity contribution in [2.75, 3.05) is 25.4 Å². The first-order valence-electron chi connectivity index (χ1n) is 8.34. The minimum absolute atomic E-state index is 0.401. The highest BCUT2D eigenvalue weighted by Gasteiger charge is 2.12. The van der Waals surface area contributed by atoms with Gasteiger partial charge in [0.15, 0.2) is 11.0 Å². The van der Waals surface area contributed by atoms with Crippen LogP contribution in [0, 0.1) is 0 Å². The number of benzene rings is 1. The van der Waals surface area contributed by atoms with Crippen molar-refractivity contribution in [1.82, 2.24) is 19.7 Å². The number of nitrogens with zero attached hydrogens (tertiary/aromatic N) is 4. The van der Waals surface area contributed by atoms with Crippen LogP contribution < -0.4 is 4.74 Å². The summed E-state index contributed by atoms with van der Waals surface area (Å²) >= 11 is 7.63. The first-order valence-corrected chi connectivity index (χ1v) is 9.70. The van der Waals surface area contributed by atoms with Crippen LogP contribution in [0.2, 0.25) is 5.02 Å². The van der Waals surface area contributed by atoms with E-state index in [1.807, 2.05) is 35.9 Å². The van der Waals surface area contributed by atoms with Crippen molar-refractivity contribution in [3.05, 3.63) is 35.1 Å². The van der Waals surface area contributed by atoms with Crippen molar-refractivity contribution in [3.63, 3.8) is 0 Å². The molecule has 1 aromatic carbocycles. The van der Waals surface area contributed by atoms with E-state index in [0.717, 1.165) is 29.0 Å². The molecule has 1 saturated heterocycles. The van der Waals surface area contributed by atoms with Crippen LogP contribution in [0.1, 0.15) is 25.1 Å². The number of hydrogen-bond donors (Lipinski definition) is 0. The van der Waals surface area contributed by atoms with E-state index in [4.69, 9.17) is 16.3 Å². The van der Waals surface area contributed by atoms with Gasteiger partial charge < -0.3 is 14.2 Å². The predicted octanol–water partition coefficient (Wildman–Crippen LogP) is 3.63. The summed E-state index contributed by atoms with van der Waals surface area (Å²) in [6, 6.07) is 7.34. The van der Waals surface area contributed by atoms with Gasteiger partial charge in [0.1, 0.15) is 12.4 Å². The molecule has 2 heterocycles. The lowest BCUT2D eigenvalue weighted by Gasteiger charge is -2.25. The Balaban J connectivity index is 1.47. The second kappa shape index (κ2) is 8.74. The summed E-state index contributed by atoms with van der Waals surface area (Å²) < 4.78 is 7.75. The number of aromatic nitrogens is 3. The minimum atomic E-state index is 0.401. The van der Waals surface area contributed by atoms with Gasteiger partial charge in [0.05, 0.1) is 0 Å². The molecule has 0 amide bonds. The molecular formula is C17H23ClN4OS. The SMILES string of the molecule is Cn1c(COc2ccc(Cl)cc2)nnc1SCCN1CCCCC1. The standard InChI is InChI=1S/C17H23ClN4OS/c1-21-16(13-23-15-7-5-14(18)6-8-15)19-20-17(21)24-12-11-22-9-3-2-4-10-22/h5-8H,2-4,9-13H2,1H3. The molecule has 0 atom stereocenters. The third-order valence-electron chi connectivity index (χ3n) is 4.19. The van der Waals surface area contributed by atoms with Gasteiger partial charge in [-0.05, 0) is 50.2 Å². The van der Waals surface area contributed by atoms with E-state index in [1.165, 1.54) is 32.4 Å². The van der Waals surface area contributed by atoms with Gasteiger partial charge in [0.2, 0.25) is 0 Å². The maximum absolute atomic E-state index is 5.87. The first-order chi connectivity index (χ1) is 11.7. The van der Waals surface area contributed by atoms with Crippen molar-refractivity contribution >= 4 is 23.4 Å². The molecule has 0 aliphatic carbocycles. The van der Waals surface area contributed by atoms with E-state index in [9.17, 15) is 0 Å². The lowest BCUT2D eigenvalue weighted by molar-refractivity contribution is 0.242. The Labute approximate surface area is 152 Å². The second-order valence-corrected chi connectivity index (χ2v) is 7.45. The molecule has 130 valence electrons. The molecule has 0 unspecified atom stereocenters. The van der Waals surface area contributed by atoms with Crippen LogP contribution in [-0.2, 0) is 13.7 Å². The zero-order chi connectivity index (χ0) is 16.8. The van der Waals surface area contributed by atoms with Gasteiger partial charge in [-0.2, -0.15) is 0 Å². The van der Waals surface area contributed by atoms with Gasteiger partial charge in [-0.15, -0.1) is 10.2 Å². The zero-order valence-electron chi connectivity index (χ0n) is 13.9. The van der Waals surface area contributed by atoms with Gasteiger partial charge in [-0.25, -0.2) is 0 Å². The quantitative estimate of drug-likeness (QED) is 0.700. The Bertz CT molecular complexity index is 641. The zero-order valence-corrected chi connectivity index (χ0v) is 15.5. The van der Waals surface area contributed by atoms with Crippen LogP contribution in [0.4, 0.5) is 0 Å². The molecule has 0 spiro atoms. The van der Waals surface area contributed by atoms with Crippen molar-refractivity contribution in [1.29, 1.82) is 0 Å². The van der Waals surface area contributed by atoms with E-state index in [0.29, 0.717) is 11.6 Å². The van der Waals surface area contributed by atoms with E-state index in [2.05, 4.69) is 15.1 Å². The molecule has 3 rings (SSSR count). The summed E-state index contributed by atoms with van der Waals surface area (Å²) in [5.41, 5.74) is 0. The lowest BCUT2D eigenvalue weighted by atomic mass is 10.1. The number of thioether (sulfide) groups is 1. The summed E-state index contributed by atoms with van der Waals surface area (Å²) in [7, 11) is 1.99. The van der Waals surface area contributed by atoms with E-state index < -0.39 is 0 Å². The summed E-state index contributed by atoms with van der Waals surface area (Å²) in [5, 5.41) is 10.2. The third-order valence-corrected chi connectivity index (χ3v) is 5.45. The van der Waals surface area contributed by atoms with Crippen LogP contribution in [0.3, 0.4) is 0 Å². The fourth-order valence-electron chi connectivity index (χ4n) is 2.72. The van der Waals surface area contributed by atoms with Gasteiger partial charge in [0.25, 0.3) is 0 Å². The molecule has 0 saturated carbocycles. The highest BCUT2D eigenvalue weighted by atomic mass is 35.5. The van der Waals surface area contributed by atoms with Crippen LogP contribution in [0.25, 0.3) is 0 Å². The number of piperidine rings is 1. The maximum Gasteiger partial charge on any atom is 0.191 e. The lowest BCUT2D eigenvalue weighted by Crippen LogP contribution is -2.31. The number of rotatable bonds is 7. The molecule has 5 nitrogen and oxygen atoms in total. The first kappa shape index (κ1) is 17.6. The Morgan fingerprint density at radius 2 is 1.88 bits per heavy atom. The molecule has 0 radical (unpaired) electrons. The maximum atomic E-state index is 5.87. The van der Waals surface area contributed by atoms with Crippen molar-refractivity contribution < 1.29 is 4.74 Å². The van der Waals surface area contributed by atoms with Crippen LogP contribution in [0.15, 0.2) is 29.4 Å². The number of hydrogen-bond acceptors (Lipinski definition) is 5. The van der Waals surface area contributed by atoms with Gasteiger partial charge in [-0.1, -0.05) is 29.8 Å². The van der Waals surface area contributed by atoms with Gasteiger partial charge >= 0.3 is 0 Å². The number of halogens is 1. The number of likely N-dealkylation sites (tertiary alicyclic amines) is 1. The van der Waals surface area contributed by atoms with Gasteiger partial charge in [-0.3, -0.25) is 0 Å². The number of ether oxygens (including phenoxy) is 1. The molecule has 2 aromatic rings. The third kappa shape index (κ3) is 4.88. The Kier molecular flexibility index (Phi) is 6.40.